The lowest BCUT2D eigenvalue weighted by Crippen LogP contribution is -2.33. The third-order valence-corrected chi connectivity index (χ3v) is 4.85. The molecule has 9 nitrogen and oxygen atoms in total. The number of nitrogens with one attached hydrogen (secondary N) is 2. The molecule has 4 rings (SSSR count). The minimum atomic E-state index is -0.629. The fourth-order valence-electron chi connectivity index (χ4n) is 3.22. The number of benzene rings is 3. The molecule has 4 aromatic rings. The van der Waals surface area contributed by atoms with E-state index in [0.29, 0.717) is 16.9 Å². The molecule has 0 unspecified atom stereocenters. The number of aromatic nitrogens is 2. The van der Waals surface area contributed by atoms with Crippen LogP contribution in [0.4, 0.5) is 11.4 Å². The summed E-state index contributed by atoms with van der Waals surface area (Å²) in [5.41, 5.74) is 0.494. The topological polar surface area (TPSA) is 127 Å². The van der Waals surface area contributed by atoms with Crippen molar-refractivity contribution in [3.63, 3.8) is 0 Å². The van der Waals surface area contributed by atoms with Gasteiger partial charge in [-0.2, -0.15) is 0 Å². The van der Waals surface area contributed by atoms with Gasteiger partial charge in [0.2, 0.25) is 0 Å². The van der Waals surface area contributed by atoms with Gasteiger partial charge < -0.3 is 10.3 Å². The predicted octanol–water partition coefficient (Wildman–Crippen LogP) is 3.15. The number of aryl methyl sites for hydroxylation is 1. The number of carbonyl (C=O) groups is 1. The van der Waals surface area contributed by atoms with Crippen LogP contribution in [0.5, 0.6) is 0 Å². The zero-order valence-electron chi connectivity index (χ0n) is 16.3. The van der Waals surface area contributed by atoms with Crippen LogP contribution in [0.25, 0.3) is 16.6 Å². The Morgan fingerprint density at radius 3 is 2.48 bits per heavy atom. The number of aromatic amines is 1. The van der Waals surface area contributed by atoms with E-state index in [1.165, 1.54) is 36.4 Å². The maximum atomic E-state index is 12.8. The molecule has 0 saturated carbocycles. The molecule has 0 spiro atoms. The molecule has 0 aliphatic carbocycles. The Morgan fingerprint density at radius 1 is 1.03 bits per heavy atom. The second kappa shape index (κ2) is 7.71. The van der Waals surface area contributed by atoms with Crippen LogP contribution in [-0.2, 0) is 0 Å². The van der Waals surface area contributed by atoms with E-state index < -0.39 is 22.1 Å². The zero-order valence-corrected chi connectivity index (χ0v) is 16.3. The van der Waals surface area contributed by atoms with E-state index in [4.69, 9.17) is 0 Å². The molecule has 0 saturated heterocycles. The van der Waals surface area contributed by atoms with Crippen molar-refractivity contribution >= 4 is 28.2 Å². The summed E-state index contributed by atoms with van der Waals surface area (Å²) in [5.74, 6) is -0.529. The molecular weight excluding hydrogens is 400 g/mol. The van der Waals surface area contributed by atoms with Crippen molar-refractivity contribution in [3.8, 4) is 5.69 Å². The van der Waals surface area contributed by atoms with E-state index in [9.17, 15) is 24.5 Å². The standard InChI is InChI=1S/C22H16N4O5/c1-13-7-9-16(26(30)31)12-18(13)23-20(27)14-8-10-17-19(11-14)24-22(29)25(21(17)28)15-5-3-2-4-6-15/h2-12H,1H3,(H,23,27)(H,24,29). The van der Waals surface area contributed by atoms with E-state index in [1.807, 2.05) is 0 Å². The maximum absolute atomic E-state index is 12.8. The van der Waals surface area contributed by atoms with Crippen LogP contribution in [-0.4, -0.2) is 20.4 Å². The predicted molar refractivity (Wildman–Crippen MR) is 116 cm³/mol. The lowest BCUT2D eigenvalue weighted by Gasteiger charge is -2.10. The van der Waals surface area contributed by atoms with Gasteiger partial charge in [-0.25, -0.2) is 9.36 Å². The molecule has 3 aromatic carbocycles. The summed E-state index contributed by atoms with van der Waals surface area (Å²) < 4.78 is 1.02. The van der Waals surface area contributed by atoms with Gasteiger partial charge in [0.1, 0.15) is 0 Å². The van der Waals surface area contributed by atoms with Crippen LogP contribution in [0.15, 0.2) is 76.3 Å². The lowest BCUT2D eigenvalue weighted by atomic mass is 10.1. The van der Waals surface area contributed by atoms with Crippen molar-refractivity contribution in [2.45, 2.75) is 6.92 Å². The highest BCUT2D eigenvalue weighted by molar-refractivity contribution is 6.06. The molecule has 0 bridgehead atoms. The molecule has 9 heteroatoms. The molecule has 0 radical (unpaired) electrons. The summed E-state index contributed by atoms with van der Waals surface area (Å²) in [4.78, 5) is 51.1. The smallest absolute Gasteiger partial charge is 0.321 e. The molecule has 2 N–H and O–H groups in total. The van der Waals surface area contributed by atoms with E-state index in [-0.39, 0.29) is 22.2 Å². The third kappa shape index (κ3) is 3.71. The van der Waals surface area contributed by atoms with Crippen LogP contribution < -0.4 is 16.6 Å². The van der Waals surface area contributed by atoms with E-state index in [0.717, 1.165) is 4.57 Å². The number of anilines is 1. The monoisotopic (exact) mass is 416 g/mol. The summed E-state index contributed by atoms with van der Waals surface area (Å²) in [6.45, 7) is 1.71. The number of hydrogen-bond donors (Lipinski definition) is 2. The number of para-hydroxylation sites is 1. The number of nitrogens with zero attached hydrogens (tertiary/aromatic N) is 2. The molecule has 0 atom stereocenters. The van der Waals surface area contributed by atoms with Gasteiger partial charge in [-0.15, -0.1) is 0 Å². The summed E-state index contributed by atoms with van der Waals surface area (Å²) >= 11 is 0. The molecule has 31 heavy (non-hydrogen) atoms. The van der Waals surface area contributed by atoms with Crippen molar-refractivity contribution in [1.82, 2.24) is 9.55 Å². The average molecular weight is 416 g/mol. The number of amides is 1. The Kier molecular flexibility index (Phi) is 4.92. The van der Waals surface area contributed by atoms with Crippen LogP contribution in [0.2, 0.25) is 0 Å². The Balaban J connectivity index is 1.73. The Morgan fingerprint density at radius 2 is 1.77 bits per heavy atom. The van der Waals surface area contributed by atoms with E-state index in [1.54, 1.807) is 37.3 Å². The van der Waals surface area contributed by atoms with E-state index in [2.05, 4.69) is 10.3 Å². The fraction of sp³-hybridized carbons (Fsp3) is 0.0455. The van der Waals surface area contributed by atoms with Crippen LogP contribution in [0.1, 0.15) is 15.9 Å². The van der Waals surface area contributed by atoms with Gasteiger partial charge in [-0.05, 0) is 42.8 Å². The number of nitro groups is 1. The maximum Gasteiger partial charge on any atom is 0.333 e. The van der Waals surface area contributed by atoms with Gasteiger partial charge in [-0.1, -0.05) is 24.3 Å². The number of rotatable bonds is 4. The number of H-pyrrole nitrogens is 1. The molecule has 0 fully saturated rings. The van der Waals surface area contributed by atoms with Crippen LogP contribution in [0.3, 0.4) is 0 Å². The first-order chi connectivity index (χ1) is 14.8. The second-order valence-electron chi connectivity index (χ2n) is 6.88. The van der Waals surface area contributed by atoms with Crippen molar-refractivity contribution in [3.05, 3.63) is 109 Å². The lowest BCUT2D eigenvalue weighted by molar-refractivity contribution is -0.384. The minimum absolute atomic E-state index is 0.148. The quantitative estimate of drug-likeness (QED) is 0.390. The zero-order chi connectivity index (χ0) is 22.1. The largest absolute Gasteiger partial charge is 0.333 e. The van der Waals surface area contributed by atoms with Crippen molar-refractivity contribution in [1.29, 1.82) is 0 Å². The molecular formula is C22H16N4O5. The fourth-order valence-corrected chi connectivity index (χ4v) is 3.22. The summed E-state index contributed by atoms with van der Waals surface area (Å²) in [7, 11) is 0. The first kappa shape index (κ1) is 19.8. The summed E-state index contributed by atoms with van der Waals surface area (Å²) in [5, 5.41) is 13.9. The van der Waals surface area contributed by atoms with Gasteiger partial charge in [0, 0.05) is 17.7 Å². The highest BCUT2D eigenvalue weighted by Gasteiger charge is 2.15. The van der Waals surface area contributed by atoms with Gasteiger partial charge in [-0.3, -0.25) is 19.7 Å². The minimum Gasteiger partial charge on any atom is -0.321 e. The average Bonchev–Trinajstić information content (AvgIpc) is 2.75. The number of carbonyl (C=O) groups excluding carboxylic acids is 1. The molecule has 1 heterocycles. The number of fused-ring (bicyclic) bond motifs is 1. The summed E-state index contributed by atoms with van der Waals surface area (Å²) in [6.07, 6.45) is 0. The molecule has 1 amide bonds. The number of nitro benzene ring substituents is 1. The molecule has 154 valence electrons. The summed E-state index contributed by atoms with van der Waals surface area (Å²) in [6, 6.07) is 17.0. The van der Waals surface area contributed by atoms with Crippen LogP contribution in [0, 0.1) is 17.0 Å². The van der Waals surface area contributed by atoms with Gasteiger partial charge in [0.15, 0.2) is 0 Å². The highest BCUT2D eigenvalue weighted by Crippen LogP contribution is 2.23. The molecule has 1 aromatic heterocycles. The normalized spacial score (nSPS) is 10.7. The van der Waals surface area contributed by atoms with Crippen LogP contribution >= 0.6 is 0 Å². The van der Waals surface area contributed by atoms with Crippen molar-refractivity contribution in [2.75, 3.05) is 5.32 Å². The second-order valence-corrected chi connectivity index (χ2v) is 6.88. The van der Waals surface area contributed by atoms with Gasteiger partial charge >= 0.3 is 5.69 Å². The number of non-ortho nitro benzene ring substituents is 1. The van der Waals surface area contributed by atoms with Gasteiger partial charge in [0.05, 0.1) is 27.2 Å². The number of hydrogen-bond acceptors (Lipinski definition) is 5. The SMILES string of the molecule is Cc1ccc([N+](=O)[O-])cc1NC(=O)c1ccc2c(=O)n(-c3ccccc3)c(=O)[nH]c2c1. The first-order valence-electron chi connectivity index (χ1n) is 9.26. The van der Waals surface area contributed by atoms with Crippen molar-refractivity contribution in [2.24, 2.45) is 0 Å². The highest BCUT2D eigenvalue weighted by atomic mass is 16.6. The van der Waals surface area contributed by atoms with E-state index >= 15 is 0 Å². The Hall–Kier alpha value is -4.53. The molecule has 0 aliphatic rings. The third-order valence-electron chi connectivity index (χ3n) is 4.85. The van der Waals surface area contributed by atoms with Gasteiger partial charge in [0.25, 0.3) is 17.2 Å². The van der Waals surface area contributed by atoms with Crippen molar-refractivity contribution < 1.29 is 9.72 Å². The molecule has 0 aliphatic heterocycles. The Bertz CT molecular complexity index is 1450. The first-order valence-corrected chi connectivity index (χ1v) is 9.26. The Labute approximate surface area is 174 Å².